The van der Waals surface area contributed by atoms with Crippen LogP contribution in [-0.4, -0.2) is 48.5 Å². The van der Waals surface area contributed by atoms with Crippen molar-refractivity contribution in [2.75, 3.05) is 26.0 Å². The van der Waals surface area contributed by atoms with Gasteiger partial charge in [-0.25, -0.2) is 4.98 Å². The number of piperidine rings is 1. The summed E-state index contributed by atoms with van der Waals surface area (Å²) in [4.78, 5) is 19.0. The SMILES string of the molecule is CNc1cc(C(=O)NC2CCN(C)C(C)C2)cc(C)n1. The van der Waals surface area contributed by atoms with Crippen molar-refractivity contribution in [1.82, 2.24) is 15.2 Å². The van der Waals surface area contributed by atoms with Gasteiger partial charge in [-0.1, -0.05) is 0 Å². The van der Waals surface area contributed by atoms with Crippen LogP contribution in [0.5, 0.6) is 0 Å². The van der Waals surface area contributed by atoms with E-state index in [1.807, 2.05) is 20.0 Å². The van der Waals surface area contributed by atoms with Crippen molar-refractivity contribution in [2.45, 2.75) is 38.8 Å². The number of rotatable bonds is 3. The second-order valence-corrected chi connectivity index (χ2v) is 5.66. The van der Waals surface area contributed by atoms with E-state index in [1.165, 1.54) is 0 Å². The van der Waals surface area contributed by atoms with E-state index in [4.69, 9.17) is 0 Å². The van der Waals surface area contributed by atoms with Gasteiger partial charge in [-0.3, -0.25) is 4.79 Å². The lowest BCUT2D eigenvalue weighted by atomic mass is 9.98. The Morgan fingerprint density at radius 2 is 2.20 bits per heavy atom. The van der Waals surface area contributed by atoms with Crippen molar-refractivity contribution in [3.8, 4) is 0 Å². The number of aryl methyl sites for hydroxylation is 1. The van der Waals surface area contributed by atoms with Crippen LogP contribution in [0.25, 0.3) is 0 Å². The topological polar surface area (TPSA) is 57.3 Å². The quantitative estimate of drug-likeness (QED) is 0.881. The highest BCUT2D eigenvalue weighted by molar-refractivity contribution is 5.95. The number of likely N-dealkylation sites (tertiary alicyclic amines) is 1. The molecule has 0 bridgehead atoms. The molecule has 20 heavy (non-hydrogen) atoms. The first-order valence-corrected chi connectivity index (χ1v) is 7.17. The summed E-state index contributed by atoms with van der Waals surface area (Å²) >= 11 is 0. The van der Waals surface area contributed by atoms with Crippen molar-refractivity contribution in [1.29, 1.82) is 0 Å². The smallest absolute Gasteiger partial charge is 0.251 e. The zero-order valence-electron chi connectivity index (χ0n) is 12.7. The third kappa shape index (κ3) is 3.48. The summed E-state index contributed by atoms with van der Waals surface area (Å²) in [7, 11) is 3.94. The number of anilines is 1. The number of nitrogens with one attached hydrogen (secondary N) is 2. The standard InChI is InChI=1S/C15H24N4O/c1-10-7-12(9-14(16-3)17-10)15(20)18-13-5-6-19(4)11(2)8-13/h7,9,11,13H,5-6,8H2,1-4H3,(H,16,17)(H,18,20). The second kappa shape index (κ2) is 6.22. The summed E-state index contributed by atoms with van der Waals surface area (Å²) in [6.07, 6.45) is 2.01. The predicted octanol–water partition coefficient (Wildman–Crippen LogP) is 1.64. The lowest BCUT2D eigenvalue weighted by Crippen LogP contribution is -2.47. The van der Waals surface area contributed by atoms with Crippen LogP contribution in [0.2, 0.25) is 0 Å². The van der Waals surface area contributed by atoms with Crippen LogP contribution in [0.1, 0.15) is 35.8 Å². The highest BCUT2D eigenvalue weighted by Crippen LogP contribution is 2.16. The maximum Gasteiger partial charge on any atom is 0.251 e. The molecule has 110 valence electrons. The molecule has 2 heterocycles. The minimum atomic E-state index is -0.00578. The first-order chi connectivity index (χ1) is 9.49. The highest BCUT2D eigenvalue weighted by atomic mass is 16.1. The van der Waals surface area contributed by atoms with Crippen molar-refractivity contribution >= 4 is 11.7 Å². The largest absolute Gasteiger partial charge is 0.373 e. The Bertz CT molecular complexity index is 489. The Labute approximate surface area is 120 Å². The molecule has 1 fully saturated rings. The second-order valence-electron chi connectivity index (χ2n) is 5.66. The van der Waals surface area contributed by atoms with Crippen molar-refractivity contribution in [3.63, 3.8) is 0 Å². The molecule has 2 N–H and O–H groups in total. The molecular weight excluding hydrogens is 252 g/mol. The fourth-order valence-electron chi connectivity index (χ4n) is 2.62. The van der Waals surface area contributed by atoms with Gasteiger partial charge in [-0.15, -0.1) is 0 Å². The van der Waals surface area contributed by atoms with Gasteiger partial charge >= 0.3 is 0 Å². The van der Waals surface area contributed by atoms with Gasteiger partial charge in [0.05, 0.1) is 0 Å². The lowest BCUT2D eigenvalue weighted by Gasteiger charge is -2.35. The first kappa shape index (κ1) is 14.8. The van der Waals surface area contributed by atoms with Gasteiger partial charge in [-0.2, -0.15) is 0 Å². The number of amides is 1. The molecule has 0 aliphatic carbocycles. The Morgan fingerprint density at radius 3 is 2.85 bits per heavy atom. The predicted molar refractivity (Wildman–Crippen MR) is 81.1 cm³/mol. The summed E-state index contributed by atoms with van der Waals surface area (Å²) in [5.74, 6) is 0.723. The van der Waals surface area contributed by atoms with E-state index in [0.29, 0.717) is 11.6 Å². The highest BCUT2D eigenvalue weighted by Gasteiger charge is 2.24. The monoisotopic (exact) mass is 276 g/mol. The minimum absolute atomic E-state index is 0.00578. The number of carbonyl (C=O) groups excluding carboxylic acids is 1. The summed E-state index contributed by atoms with van der Waals surface area (Å²) in [6.45, 7) is 5.13. The lowest BCUT2D eigenvalue weighted by molar-refractivity contribution is 0.0896. The van der Waals surface area contributed by atoms with E-state index >= 15 is 0 Å². The Hall–Kier alpha value is -1.62. The van der Waals surface area contributed by atoms with Crippen LogP contribution < -0.4 is 10.6 Å². The molecule has 0 saturated carbocycles. The number of aromatic nitrogens is 1. The Kier molecular flexibility index (Phi) is 4.60. The average molecular weight is 276 g/mol. The van der Waals surface area contributed by atoms with Crippen molar-refractivity contribution in [2.24, 2.45) is 0 Å². The molecule has 5 nitrogen and oxygen atoms in total. The zero-order chi connectivity index (χ0) is 14.7. The van der Waals surface area contributed by atoms with E-state index in [9.17, 15) is 4.79 Å². The van der Waals surface area contributed by atoms with E-state index in [-0.39, 0.29) is 11.9 Å². The number of carbonyl (C=O) groups is 1. The van der Waals surface area contributed by atoms with Crippen LogP contribution in [0.15, 0.2) is 12.1 Å². The number of hydrogen-bond donors (Lipinski definition) is 2. The molecule has 2 atom stereocenters. The fourth-order valence-corrected chi connectivity index (χ4v) is 2.62. The van der Waals surface area contributed by atoms with E-state index in [1.54, 1.807) is 6.07 Å². The number of hydrogen-bond acceptors (Lipinski definition) is 4. The third-order valence-electron chi connectivity index (χ3n) is 4.02. The zero-order valence-corrected chi connectivity index (χ0v) is 12.7. The van der Waals surface area contributed by atoms with Gasteiger partial charge in [0.25, 0.3) is 5.91 Å². The molecule has 1 aliphatic heterocycles. The van der Waals surface area contributed by atoms with Gasteiger partial charge in [0.2, 0.25) is 0 Å². The molecule has 0 aromatic carbocycles. The normalized spacial score (nSPS) is 23.4. The Morgan fingerprint density at radius 1 is 1.45 bits per heavy atom. The molecule has 2 unspecified atom stereocenters. The maximum absolute atomic E-state index is 12.3. The summed E-state index contributed by atoms with van der Waals surface area (Å²) < 4.78 is 0. The minimum Gasteiger partial charge on any atom is -0.373 e. The average Bonchev–Trinajstić information content (AvgIpc) is 2.42. The third-order valence-corrected chi connectivity index (χ3v) is 4.02. The van der Waals surface area contributed by atoms with Gasteiger partial charge in [0, 0.05) is 36.9 Å². The van der Waals surface area contributed by atoms with Gasteiger partial charge in [0.15, 0.2) is 0 Å². The maximum atomic E-state index is 12.3. The molecule has 1 aromatic heterocycles. The van der Waals surface area contributed by atoms with Crippen LogP contribution in [-0.2, 0) is 0 Å². The van der Waals surface area contributed by atoms with Crippen LogP contribution >= 0.6 is 0 Å². The molecular formula is C15H24N4O. The van der Waals surface area contributed by atoms with E-state index < -0.39 is 0 Å². The van der Waals surface area contributed by atoms with Crippen molar-refractivity contribution in [3.05, 3.63) is 23.4 Å². The van der Waals surface area contributed by atoms with Gasteiger partial charge < -0.3 is 15.5 Å². The molecule has 2 rings (SSSR count). The molecule has 1 aliphatic rings. The van der Waals surface area contributed by atoms with Gasteiger partial charge in [-0.05, 0) is 45.9 Å². The molecule has 1 saturated heterocycles. The Balaban J connectivity index is 2.03. The molecule has 1 amide bonds. The molecule has 1 aromatic rings. The van der Waals surface area contributed by atoms with E-state index in [2.05, 4.69) is 34.5 Å². The summed E-state index contributed by atoms with van der Waals surface area (Å²) in [6, 6.07) is 4.40. The molecule has 0 spiro atoms. The van der Waals surface area contributed by atoms with Crippen LogP contribution in [0.3, 0.4) is 0 Å². The van der Waals surface area contributed by atoms with Crippen LogP contribution in [0.4, 0.5) is 5.82 Å². The van der Waals surface area contributed by atoms with Crippen molar-refractivity contribution < 1.29 is 4.79 Å². The summed E-state index contributed by atoms with van der Waals surface area (Å²) in [5, 5.41) is 6.13. The van der Waals surface area contributed by atoms with Gasteiger partial charge in [0.1, 0.15) is 5.82 Å². The summed E-state index contributed by atoms with van der Waals surface area (Å²) in [5.41, 5.74) is 1.52. The number of nitrogens with zero attached hydrogens (tertiary/aromatic N) is 2. The molecule has 0 radical (unpaired) electrons. The number of pyridine rings is 1. The first-order valence-electron chi connectivity index (χ1n) is 7.17. The fraction of sp³-hybridized carbons (Fsp3) is 0.600. The van der Waals surface area contributed by atoms with E-state index in [0.717, 1.165) is 30.9 Å². The van der Waals surface area contributed by atoms with Crippen LogP contribution in [0, 0.1) is 6.92 Å². The molecule has 5 heteroatoms.